The van der Waals surface area contributed by atoms with Gasteiger partial charge in [-0.05, 0) is 36.9 Å². The number of para-hydroxylation sites is 1. The third kappa shape index (κ3) is 3.63. The van der Waals surface area contributed by atoms with Gasteiger partial charge in [0, 0.05) is 16.8 Å². The first kappa shape index (κ1) is 16.6. The number of rotatable bonds is 6. The summed E-state index contributed by atoms with van der Waals surface area (Å²) in [6.07, 6.45) is 1.60. The van der Waals surface area contributed by atoms with Crippen molar-refractivity contribution < 1.29 is 14.3 Å². The number of aliphatic hydroxyl groups excluding tert-OH is 1. The Morgan fingerprint density at radius 2 is 1.96 bits per heavy atom. The molecule has 2 N–H and O–H groups in total. The molecule has 1 heterocycles. The van der Waals surface area contributed by atoms with E-state index in [0.29, 0.717) is 24.3 Å². The number of hydrogen-bond donors (Lipinski definition) is 2. The van der Waals surface area contributed by atoms with E-state index in [-0.39, 0.29) is 5.91 Å². The van der Waals surface area contributed by atoms with Crippen molar-refractivity contribution in [1.29, 1.82) is 0 Å². The van der Waals surface area contributed by atoms with Crippen LogP contribution >= 0.6 is 11.8 Å². The van der Waals surface area contributed by atoms with Gasteiger partial charge in [-0.1, -0.05) is 30.3 Å². The molecule has 0 saturated heterocycles. The Balaban J connectivity index is 1.58. The highest BCUT2D eigenvalue weighted by Gasteiger charge is 2.15. The van der Waals surface area contributed by atoms with E-state index in [1.165, 1.54) is 11.8 Å². The Bertz CT molecular complexity index is 810. The molecule has 1 atom stereocenters. The average Bonchev–Trinajstić information content (AvgIpc) is 3.05. The highest BCUT2D eigenvalue weighted by molar-refractivity contribution is 7.98. The van der Waals surface area contributed by atoms with Crippen molar-refractivity contribution in [3.63, 3.8) is 0 Å². The molecular formula is C19H19NO3S. The predicted molar refractivity (Wildman–Crippen MR) is 96.3 cm³/mol. The van der Waals surface area contributed by atoms with Crippen LogP contribution in [0.25, 0.3) is 11.0 Å². The number of aliphatic hydroxyl groups is 1. The zero-order valence-corrected chi connectivity index (χ0v) is 14.2. The van der Waals surface area contributed by atoms with E-state index in [1.54, 1.807) is 6.07 Å². The van der Waals surface area contributed by atoms with E-state index < -0.39 is 6.10 Å². The number of fused-ring (bicyclic) bond motifs is 1. The molecule has 5 heteroatoms. The van der Waals surface area contributed by atoms with Crippen molar-refractivity contribution >= 4 is 28.6 Å². The zero-order valence-electron chi connectivity index (χ0n) is 13.4. The van der Waals surface area contributed by atoms with Crippen LogP contribution in [0.5, 0.6) is 0 Å². The number of hydrogen-bond acceptors (Lipinski definition) is 4. The summed E-state index contributed by atoms with van der Waals surface area (Å²) in [5.74, 6) is 0.395. The molecule has 4 nitrogen and oxygen atoms in total. The van der Waals surface area contributed by atoms with Crippen LogP contribution < -0.4 is 5.32 Å². The van der Waals surface area contributed by atoms with E-state index in [0.717, 1.165) is 15.9 Å². The Morgan fingerprint density at radius 1 is 1.21 bits per heavy atom. The van der Waals surface area contributed by atoms with Gasteiger partial charge in [0.25, 0.3) is 5.91 Å². The molecule has 0 bridgehead atoms. The summed E-state index contributed by atoms with van der Waals surface area (Å²) >= 11 is 1.54. The molecule has 2 aromatic carbocycles. The standard InChI is InChI=1S/C19H19NO3S/c1-24-18-9-5-3-7-14(18)19(22)20-11-10-15(21)17-12-13-6-2-4-8-16(13)23-17/h2-9,12,15,21H,10-11H2,1H3,(H,20,22)/t15-/m1/s1. The molecule has 0 aliphatic heterocycles. The Hall–Kier alpha value is -2.24. The van der Waals surface area contributed by atoms with Gasteiger partial charge in [-0.2, -0.15) is 0 Å². The summed E-state index contributed by atoms with van der Waals surface area (Å²) in [6, 6.07) is 16.9. The molecule has 3 aromatic rings. The molecule has 24 heavy (non-hydrogen) atoms. The number of nitrogens with one attached hydrogen (secondary N) is 1. The Labute approximate surface area is 144 Å². The van der Waals surface area contributed by atoms with E-state index in [4.69, 9.17) is 4.42 Å². The first-order valence-corrected chi connectivity index (χ1v) is 8.99. The molecule has 0 radical (unpaired) electrons. The van der Waals surface area contributed by atoms with Crippen molar-refractivity contribution in [2.45, 2.75) is 17.4 Å². The van der Waals surface area contributed by atoms with Crippen LogP contribution in [0.3, 0.4) is 0 Å². The quantitative estimate of drug-likeness (QED) is 0.665. The van der Waals surface area contributed by atoms with Gasteiger partial charge in [0.1, 0.15) is 17.4 Å². The van der Waals surface area contributed by atoms with Gasteiger partial charge in [0.15, 0.2) is 0 Å². The molecule has 0 fully saturated rings. The first-order valence-electron chi connectivity index (χ1n) is 7.77. The molecule has 0 unspecified atom stereocenters. The number of thioether (sulfide) groups is 1. The summed E-state index contributed by atoms with van der Waals surface area (Å²) in [6.45, 7) is 0.375. The van der Waals surface area contributed by atoms with Gasteiger partial charge in [0.2, 0.25) is 0 Å². The highest BCUT2D eigenvalue weighted by atomic mass is 32.2. The Morgan fingerprint density at radius 3 is 2.75 bits per heavy atom. The summed E-state index contributed by atoms with van der Waals surface area (Å²) in [5, 5.41) is 14.1. The minimum atomic E-state index is -0.742. The molecule has 0 spiro atoms. The summed E-state index contributed by atoms with van der Waals surface area (Å²) in [4.78, 5) is 13.2. The van der Waals surface area contributed by atoms with Crippen LogP contribution in [0.15, 0.2) is 63.9 Å². The van der Waals surface area contributed by atoms with Crippen molar-refractivity contribution in [1.82, 2.24) is 5.32 Å². The monoisotopic (exact) mass is 341 g/mol. The maximum atomic E-state index is 12.3. The molecule has 0 saturated carbocycles. The van der Waals surface area contributed by atoms with E-state index in [1.807, 2.05) is 54.8 Å². The van der Waals surface area contributed by atoms with Crippen LogP contribution in [0.4, 0.5) is 0 Å². The van der Waals surface area contributed by atoms with Crippen LogP contribution in [0.2, 0.25) is 0 Å². The Kier molecular flexibility index (Phi) is 5.23. The maximum Gasteiger partial charge on any atom is 0.252 e. The second-order valence-corrected chi connectivity index (χ2v) is 6.30. The lowest BCUT2D eigenvalue weighted by Gasteiger charge is -2.10. The SMILES string of the molecule is CSc1ccccc1C(=O)NCC[C@@H](O)c1cc2ccccc2o1. The lowest BCUT2D eigenvalue weighted by Crippen LogP contribution is -2.26. The van der Waals surface area contributed by atoms with Gasteiger partial charge in [0.05, 0.1) is 5.56 Å². The second kappa shape index (κ2) is 7.55. The summed E-state index contributed by atoms with van der Waals surface area (Å²) in [7, 11) is 0. The minimum absolute atomic E-state index is 0.128. The third-order valence-electron chi connectivity index (χ3n) is 3.83. The van der Waals surface area contributed by atoms with Crippen molar-refractivity contribution in [2.24, 2.45) is 0 Å². The van der Waals surface area contributed by atoms with Gasteiger partial charge < -0.3 is 14.8 Å². The van der Waals surface area contributed by atoms with Gasteiger partial charge in [-0.15, -0.1) is 11.8 Å². The van der Waals surface area contributed by atoms with Crippen molar-refractivity contribution in [3.8, 4) is 0 Å². The number of furan rings is 1. The molecule has 0 aliphatic carbocycles. The number of carbonyl (C=O) groups is 1. The van der Waals surface area contributed by atoms with E-state index in [2.05, 4.69) is 5.32 Å². The molecule has 1 amide bonds. The maximum absolute atomic E-state index is 12.3. The first-order chi connectivity index (χ1) is 11.7. The van der Waals surface area contributed by atoms with E-state index >= 15 is 0 Å². The number of carbonyl (C=O) groups excluding carboxylic acids is 1. The van der Waals surface area contributed by atoms with Gasteiger partial charge >= 0.3 is 0 Å². The molecule has 1 aromatic heterocycles. The highest BCUT2D eigenvalue weighted by Crippen LogP contribution is 2.25. The van der Waals surface area contributed by atoms with Gasteiger partial charge in [-0.25, -0.2) is 0 Å². The zero-order chi connectivity index (χ0) is 16.9. The number of amides is 1. The fourth-order valence-electron chi connectivity index (χ4n) is 2.56. The fraction of sp³-hybridized carbons (Fsp3) is 0.211. The van der Waals surface area contributed by atoms with E-state index in [9.17, 15) is 9.90 Å². The minimum Gasteiger partial charge on any atom is -0.458 e. The largest absolute Gasteiger partial charge is 0.458 e. The van der Waals surface area contributed by atoms with Gasteiger partial charge in [-0.3, -0.25) is 4.79 Å². The normalized spacial score (nSPS) is 12.2. The molecule has 0 aliphatic rings. The smallest absolute Gasteiger partial charge is 0.252 e. The van der Waals surface area contributed by atoms with Crippen molar-refractivity contribution in [3.05, 3.63) is 65.9 Å². The fourth-order valence-corrected chi connectivity index (χ4v) is 3.15. The molecule has 3 rings (SSSR count). The molecule has 124 valence electrons. The van der Waals surface area contributed by atoms with Crippen LogP contribution in [0, 0.1) is 0 Å². The third-order valence-corrected chi connectivity index (χ3v) is 4.62. The van der Waals surface area contributed by atoms with Crippen LogP contribution in [0.1, 0.15) is 28.6 Å². The van der Waals surface area contributed by atoms with Crippen LogP contribution in [-0.2, 0) is 0 Å². The topological polar surface area (TPSA) is 62.5 Å². The average molecular weight is 341 g/mol. The second-order valence-electron chi connectivity index (χ2n) is 5.45. The predicted octanol–water partition coefficient (Wildman–Crippen LogP) is 4.01. The lowest BCUT2D eigenvalue weighted by molar-refractivity contribution is 0.0934. The van der Waals surface area contributed by atoms with Crippen molar-refractivity contribution in [2.75, 3.05) is 12.8 Å². The summed E-state index contributed by atoms with van der Waals surface area (Å²) < 4.78 is 5.64. The van der Waals surface area contributed by atoms with Crippen LogP contribution in [-0.4, -0.2) is 23.8 Å². The summed E-state index contributed by atoms with van der Waals surface area (Å²) in [5.41, 5.74) is 1.41. The molecular weight excluding hydrogens is 322 g/mol. The lowest BCUT2D eigenvalue weighted by atomic mass is 10.1. The number of benzene rings is 2.